The van der Waals surface area contributed by atoms with Gasteiger partial charge in [0.05, 0.1) is 6.10 Å². The van der Waals surface area contributed by atoms with Crippen LogP contribution < -0.4 is 0 Å². The van der Waals surface area contributed by atoms with Gasteiger partial charge in [-0.15, -0.1) is 6.58 Å². The van der Waals surface area contributed by atoms with Gasteiger partial charge in [0.2, 0.25) is 0 Å². The molecule has 5 aliphatic carbocycles. The molecule has 0 aliphatic heterocycles. The van der Waals surface area contributed by atoms with Crippen molar-refractivity contribution in [3.63, 3.8) is 0 Å². The minimum Gasteiger partial charge on any atom is -0.460 e. The average molecular weight is 431 g/mol. The first kappa shape index (κ1) is 21.6. The lowest BCUT2D eigenvalue weighted by molar-refractivity contribution is -0.192. The van der Waals surface area contributed by atoms with Crippen molar-refractivity contribution in [2.75, 3.05) is 6.61 Å². The fourth-order valence-electron chi connectivity index (χ4n) is 9.70. The van der Waals surface area contributed by atoms with Gasteiger partial charge in [-0.3, -0.25) is 4.79 Å². The Hall–Kier alpha value is -1.20. The topological polar surface area (TPSA) is 83.8 Å². The zero-order chi connectivity index (χ0) is 22.8. The molecule has 5 aliphatic rings. The summed E-state index contributed by atoms with van der Waals surface area (Å²) in [6.45, 7) is 14.2. The van der Waals surface area contributed by atoms with Crippen molar-refractivity contribution in [1.82, 2.24) is 0 Å². The molecular weight excluding hydrogens is 392 g/mol. The van der Waals surface area contributed by atoms with Crippen molar-refractivity contribution >= 4 is 11.8 Å². The minimum atomic E-state index is -0.820. The zero-order valence-corrected chi connectivity index (χ0v) is 19.6. The van der Waals surface area contributed by atoms with Crippen LogP contribution in [0.15, 0.2) is 12.7 Å². The molecule has 5 fully saturated rings. The highest BCUT2D eigenvalue weighted by Gasteiger charge is 2.85. The molecular formula is C26H38O5. The summed E-state index contributed by atoms with van der Waals surface area (Å²) in [6.07, 6.45) is 4.89. The zero-order valence-electron chi connectivity index (χ0n) is 19.6. The van der Waals surface area contributed by atoms with E-state index in [2.05, 4.69) is 34.3 Å². The van der Waals surface area contributed by atoms with Gasteiger partial charge in [0.15, 0.2) is 0 Å². The molecule has 0 aromatic carbocycles. The first-order valence-electron chi connectivity index (χ1n) is 12.0. The van der Waals surface area contributed by atoms with Gasteiger partial charge in [-0.05, 0) is 67.1 Å². The van der Waals surface area contributed by atoms with Gasteiger partial charge < -0.3 is 14.9 Å². The smallest absolute Gasteiger partial charge is 0.332 e. The maximum Gasteiger partial charge on any atom is 0.332 e. The van der Waals surface area contributed by atoms with Crippen LogP contribution in [0.4, 0.5) is 0 Å². The van der Waals surface area contributed by atoms with Crippen LogP contribution in [-0.2, 0) is 14.3 Å². The van der Waals surface area contributed by atoms with E-state index in [0.717, 1.165) is 25.7 Å². The van der Waals surface area contributed by atoms with Crippen LogP contribution in [0.25, 0.3) is 0 Å². The third kappa shape index (κ3) is 2.21. The van der Waals surface area contributed by atoms with Gasteiger partial charge in [-0.1, -0.05) is 33.8 Å². The normalized spacial score (nSPS) is 56.2. The van der Waals surface area contributed by atoms with Crippen molar-refractivity contribution in [2.24, 2.45) is 50.7 Å². The first-order chi connectivity index (χ1) is 14.3. The highest BCUT2D eigenvalue weighted by molar-refractivity contribution is 5.92. The van der Waals surface area contributed by atoms with Crippen LogP contribution in [0.2, 0.25) is 0 Å². The fourth-order valence-corrected chi connectivity index (χ4v) is 9.70. The number of aliphatic hydroxyl groups is 2. The number of Topliss-reactive ketones (excluding diaryl/α,β-unsaturated/α-hetero) is 1. The summed E-state index contributed by atoms with van der Waals surface area (Å²) in [6, 6.07) is 0. The number of allylic oxidation sites excluding steroid dienone is 1. The van der Waals surface area contributed by atoms with E-state index in [1.165, 1.54) is 0 Å². The maximum atomic E-state index is 14.2. The molecule has 2 N–H and O–H groups in total. The summed E-state index contributed by atoms with van der Waals surface area (Å²) in [7, 11) is 0. The highest BCUT2D eigenvalue weighted by Crippen LogP contribution is 2.88. The molecule has 0 radical (unpaired) electrons. The Morgan fingerprint density at radius 3 is 2.48 bits per heavy atom. The molecule has 0 amide bonds. The van der Waals surface area contributed by atoms with Crippen molar-refractivity contribution in [3.8, 4) is 0 Å². The molecule has 5 rings (SSSR count). The number of hydrogen-bond acceptors (Lipinski definition) is 5. The second-order valence-electron chi connectivity index (χ2n) is 12.6. The molecule has 31 heavy (non-hydrogen) atoms. The summed E-state index contributed by atoms with van der Waals surface area (Å²) >= 11 is 0. The van der Waals surface area contributed by atoms with E-state index in [-0.39, 0.29) is 40.0 Å². The largest absolute Gasteiger partial charge is 0.460 e. The van der Waals surface area contributed by atoms with Crippen molar-refractivity contribution in [3.05, 3.63) is 12.7 Å². The summed E-state index contributed by atoms with van der Waals surface area (Å²) in [4.78, 5) is 26.6. The average Bonchev–Trinajstić information content (AvgIpc) is 3.26. The lowest BCUT2D eigenvalue weighted by Gasteiger charge is -2.60. The number of ketones is 1. The maximum absolute atomic E-state index is 14.2. The number of ether oxygens (including phenoxy) is 1. The third-order valence-electron chi connectivity index (χ3n) is 11.6. The molecule has 5 heteroatoms. The second-order valence-corrected chi connectivity index (χ2v) is 12.6. The van der Waals surface area contributed by atoms with Gasteiger partial charge in [0, 0.05) is 22.7 Å². The van der Waals surface area contributed by atoms with E-state index in [4.69, 9.17) is 4.74 Å². The summed E-state index contributed by atoms with van der Waals surface area (Å²) in [5.41, 5.74) is -1.90. The van der Waals surface area contributed by atoms with Crippen LogP contribution in [0.3, 0.4) is 0 Å². The van der Waals surface area contributed by atoms with E-state index in [1.54, 1.807) is 6.08 Å². The van der Waals surface area contributed by atoms with Crippen molar-refractivity contribution in [1.29, 1.82) is 0 Å². The van der Waals surface area contributed by atoms with Crippen LogP contribution in [0.5, 0.6) is 0 Å². The van der Waals surface area contributed by atoms with Gasteiger partial charge in [0.1, 0.15) is 18.5 Å². The first-order valence-corrected chi connectivity index (χ1v) is 12.0. The van der Waals surface area contributed by atoms with E-state index in [9.17, 15) is 19.8 Å². The Balaban J connectivity index is 1.77. The lowest BCUT2D eigenvalue weighted by atomic mass is 9.43. The standard InChI is InChI=1S/C26H38O5/c1-7-23(4)12-17(31-18(29)13-27)25(6)20-19(15-11-24(15,25)5)14-10-26(20,9-8-16(14)28)22(2,3)21(23)30/h7,14-17,19-20,27-28H,1,8-13H2,2-6H3/t14?,15-,16?,17+,19?,20-,23+,24+,25-,26-/m0/s1. The summed E-state index contributed by atoms with van der Waals surface area (Å²) in [5.74, 6) is 0.838. The molecule has 2 bridgehead atoms. The molecule has 3 unspecified atom stereocenters. The Morgan fingerprint density at radius 2 is 1.87 bits per heavy atom. The monoisotopic (exact) mass is 430 g/mol. The molecule has 5 saturated carbocycles. The van der Waals surface area contributed by atoms with E-state index < -0.39 is 29.5 Å². The van der Waals surface area contributed by atoms with Crippen LogP contribution >= 0.6 is 0 Å². The Kier molecular flexibility index (Phi) is 4.20. The quantitative estimate of drug-likeness (QED) is 0.529. The third-order valence-corrected chi connectivity index (χ3v) is 11.6. The van der Waals surface area contributed by atoms with Gasteiger partial charge in [-0.2, -0.15) is 0 Å². The molecule has 0 heterocycles. The molecule has 0 aromatic heterocycles. The van der Waals surface area contributed by atoms with Gasteiger partial charge in [0.25, 0.3) is 0 Å². The van der Waals surface area contributed by atoms with Gasteiger partial charge in [-0.25, -0.2) is 4.79 Å². The molecule has 1 spiro atoms. The number of fused-ring (bicyclic) bond motifs is 5. The van der Waals surface area contributed by atoms with E-state index in [1.807, 2.05) is 6.92 Å². The second kappa shape index (κ2) is 6.02. The Morgan fingerprint density at radius 1 is 1.19 bits per heavy atom. The van der Waals surface area contributed by atoms with Crippen molar-refractivity contribution < 1.29 is 24.5 Å². The van der Waals surface area contributed by atoms with Crippen LogP contribution in [0, 0.1) is 50.7 Å². The van der Waals surface area contributed by atoms with Gasteiger partial charge >= 0.3 is 5.97 Å². The van der Waals surface area contributed by atoms with E-state index in [0.29, 0.717) is 18.3 Å². The predicted molar refractivity (Wildman–Crippen MR) is 116 cm³/mol. The predicted octanol–water partition coefficient (Wildman–Crippen LogP) is 3.52. The van der Waals surface area contributed by atoms with Crippen LogP contribution in [0.1, 0.15) is 66.7 Å². The molecule has 10 atom stereocenters. The van der Waals surface area contributed by atoms with E-state index >= 15 is 0 Å². The van der Waals surface area contributed by atoms with Crippen LogP contribution in [-0.4, -0.2) is 40.8 Å². The lowest BCUT2D eigenvalue weighted by Crippen LogP contribution is -2.62. The Bertz CT molecular complexity index is 864. The van der Waals surface area contributed by atoms with Crippen molar-refractivity contribution in [2.45, 2.75) is 78.9 Å². The number of esters is 1. The number of rotatable bonds is 3. The molecule has 5 nitrogen and oxygen atoms in total. The number of carbonyl (C=O) groups is 2. The molecule has 0 aromatic rings. The molecule has 0 saturated heterocycles. The number of aliphatic hydroxyl groups excluding tert-OH is 2. The summed E-state index contributed by atoms with van der Waals surface area (Å²) < 4.78 is 6.01. The SMILES string of the molecule is C=C[C@]1(C)C[C@@H](OC(=O)CO)[C@@]2(C)[C@@H]3C(C4C[C@]3(CCC4O)C(C)(C)C1=O)[C@@H]1C[C@]12C. The molecule has 172 valence electrons. The number of carbonyl (C=O) groups excluding carboxylic acids is 2. The minimum absolute atomic E-state index is 0.0161. The fraction of sp³-hybridized carbons (Fsp3) is 0.846. The summed E-state index contributed by atoms with van der Waals surface area (Å²) in [5, 5.41) is 20.5. The number of hydrogen-bond donors (Lipinski definition) is 2. The highest BCUT2D eigenvalue weighted by atomic mass is 16.6. The Labute approximate surface area is 185 Å².